The molecule has 5 heteroatoms. The van der Waals surface area contributed by atoms with Crippen molar-refractivity contribution >= 4 is 33.2 Å². The van der Waals surface area contributed by atoms with Crippen molar-refractivity contribution in [1.82, 2.24) is 0 Å². The van der Waals surface area contributed by atoms with Gasteiger partial charge in [0.05, 0.1) is 4.47 Å². The standard InChI is InChI=1S/C12H9BrO3S/c13-10-3-1-2-9(12(14)15)11(10)16-6-8-4-5-17-7-8/h1-5,7H,6H2,(H,14,15). The molecule has 0 aliphatic carbocycles. The van der Waals surface area contributed by atoms with Crippen molar-refractivity contribution < 1.29 is 14.6 Å². The molecule has 2 rings (SSSR count). The second-order valence-electron chi connectivity index (χ2n) is 3.34. The Kier molecular flexibility index (Phi) is 3.81. The molecule has 17 heavy (non-hydrogen) atoms. The number of rotatable bonds is 4. The van der Waals surface area contributed by atoms with Gasteiger partial charge in [0.1, 0.15) is 17.9 Å². The molecule has 0 saturated carbocycles. The highest BCUT2D eigenvalue weighted by Crippen LogP contribution is 2.30. The molecule has 0 radical (unpaired) electrons. The fourth-order valence-electron chi connectivity index (χ4n) is 1.35. The van der Waals surface area contributed by atoms with Gasteiger partial charge < -0.3 is 9.84 Å². The summed E-state index contributed by atoms with van der Waals surface area (Å²) in [5.74, 6) is -0.627. The Morgan fingerprint density at radius 3 is 2.88 bits per heavy atom. The first-order valence-electron chi connectivity index (χ1n) is 4.84. The molecule has 88 valence electrons. The number of hydrogen-bond acceptors (Lipinski definition) is 3. The third-order valence-electron chi connectivity index (χ3n) is 2.16. The van der Waals surface area contributed by atoms with Gasteiger partial charge >= 0.3 is 5.97 Å². The van der Waals surface area contributed by atoms with Crippen molar-refractivity contribution in [2.75, 3.05) is 0 Å². The number of halogens is 1. The summed E-state index contributed by atoms with van der Waals surface area (Å²) >= 11 is 4.88. The lowest BCUT2D eigenvalue weighted by molar-refractivity contribution is 0.0691. The van der Waals surface area contributed by atoms with Gasteiger partial charge in [-0.05, 0) is 50.5 Å². The van der Waals surface area contributed by atoms with Crippen LogP contribution in [-0.2, 0) is 6.61 Å². The molecule has 1 aromatic carbocycles. The molecule has 0 unspecified atom stereocenters. The molecular formula is C12H9BrO3S. The van der Waals surface area contributed by atoms with Gasteiger partial charge in [0.2, 0.25) is 0 Å². The van der Waals surface area contributed by atoms with Crippen molar-refractivity contribution in [1.29, 1.82) is 0 Å². The number of carboxylic acid groups (broad SMARTS) is 1. The zero-order valence-corrected chi connectivity index (χ0v) is 11.1. The zero-order chi connectivity index (χ0) is 12.3. The molecule has 1 N–H and O–H groups in total. The summed E-state index contributed by atoms with van der Waals surface area (Å²) < 4.78 is 6.20. The van der Waals surface area contributed by atoms with Gasteiger partial charge in [-0.3, -0.25) is 0 Å². The highest BCUT2D eigenvalue weighted by atomic mass is 79.9. The third-order valence-corrected chi connectivity index (χ3v) is 3.52. The molecule has 0 fully saturated rings. The molecule has 0 atom stereocenters. The molecule has 0 spiro atoms. The Balaban J connectivity index is 2.22. The first-order valence-corrected chi connectivity index (χ1v) is 6.57. The maximum absolute atomic E-state index is 11.0. The molecule has 0 amide bonds. The van der Waals surface area contributed by atoms with Gasteiger partial charge in [0, 0.05) is 0 Å². The minimum absolute atomic E-state index is 0.162. The van der Waals surface area contributed by atoms with Crippen molar-refractivity contribution in [2.24, 2.45) is 0 Å². The van der Waals surface area contributed by atoms with Crippen molar-refractivity contribution in [3.8, 4) is 5.75 Å². The zero-order valence-electron chi connectivity index (χ0n) is 8.72. The maximum atomic E-state index is 11.0. The predicted octanol–water partition coefficient (Wildman–Crippen LogP) is 3.79. The van der Waals surface area contributed by atoms with E-state index in [0.29, 0.717) is 16.8 Å². The van der Waals surface area contributed by atoms with Crippen LogP contribution in [0.4, 0.5) is 0 Å². The van der Waals surface area contributed by atoms with E-state index in [2.05, 4.69) is 15.9 Å². The normalized spacial score (nSPS) is 10.2. The quantitative estimate of drug-likeness (QED) is 0.934. The lowest BCUT2D eigenvalue weighted by Crippen LogP contribution is -2.03. The van der Waals surface area contributed by atoms with Crippen LogP contribution in [0.1, 0.15) is 15.9 Å². The molecule has 1 aromatic heterocycles. The Hall–Kier alpha value is -1.33. The number of aromatic carboxylic acids is 1. The predicted molar refractivity (Wildman–Crippen MR) is 69.8 cm³/mol. The summed E-state index contributed by atoms with van der Waals surface area (Å²) in [4.78, 5) is 11.0. The first kappa shape index (κ1) is 12.1. The van der Waals surface area contributed by atoms with Gasteiger partial charge in [-0.25, -0.2) is 4.79 Å². The van der Waals surface area contributed by atoms with Crippen molar-refractivity contribution in [3.05, 3.63) is 50.6 Å². The van der Waals surface area contributed by atoms with E-state index in [0.717, 1.165) is 5.56 Å². The number of hydrogen-bond donors (Lipinski definition) is 1. The summed E-state index contributed by atoms with van der Waals surface area (Å²) in [5, 5.41) is 13.0. The van der Waals surface area contributed by atoms with Crippen LogP contribution in [0.5, 0.6) is 5.75 Å². The Morgan fingerprint density at radius 2 is 2.24 bits per heavy atom. The smallest absolute Gasteiger partial charge is 0.339 e. The summed E-state index contributed by atoms with van der Waals surface area (Å²) in [6.07, 6.45) is 0. The molecule has 0 bridgehead atoms. The van der Waals surface area contributed by atoms with Crippen molar-refractivity contribution in [3.63, 3.8) is 0 Å². The second-order valence-corrected chi connectivity index (χ2v) is 4.98. The third kappa shape index (κ3) is 2.87. The summed E-state index contributed by atoms with van der Waals surface area (Å²) in [7, 11) is 0. The van der Waals surface area contributed by atoms with Crippen LogP contribution < -0.4 is 4.74 Å². The van der Waals surface area contributed by atoms with Crippen LogP contribution in [0, 0.1) is 0 Å². The molecule has 3 nitrogen and oxygen atoms in total. The van der Waals surface area contributed by atoms with E-state index in [1.807, 2.05) is 16.8 Å². The van der Waals surface area contributed by atoms with Gasteiger partial charge in [-0.15, -0.1) is 0 Å². The van der Waals surface area contributed by atoms with E-state index in [4.69, 9.17) is 9.84 Å². The fraction of sp³-hybridized carbons (Fsp3) is 0.0833. The van der Waals surface area contributed by atoms with Crippen LogP contribution in [0.3, 0.4) is 0 Å². The number of benzene rings is 1. The first-order chi connectivity index (χ1) is 8.18. The molecular weight excluding hydrogens is 304 g/mol. The largest absolute Gasteiger partial charge is 0.487 e. The van der Waals surface area contributed by atoms with Crippen molar-refractivity contribution in [2.45, 2.75) is 6.61 Å². The topological polar surface area (TPSA) is 46.5 Å². The van der Waals surface area contributed by atoms with Gasteiger partial charge in [0.25, 0.3) is 0 Å². The molecule has 2 aromatic rings. The number of carbonyl (C=O) groups is 1. The lowest BCUT2D eigenvalue weighted by Gasteiger charge is -2.10. The SMILES string of the molecule is O=C(O)c1cccc(Br)c1OCc1ccsc1. The highest BCUT2D eigenvalue weighted by molar-refractivity contribution is 9.10. The second kappa shape index (κ2) is 5.33. The average Bonchev–Trinajstić information content (AvgIpc) is 2.80. The number of para-hydroxylation sites is 1. The number of carboxylic acids is 1. The van der Waals surface area contributed by atoms with E-state index < -0.39 is 5.97 Å². The number of ether oxygens (including phenoxy) is 1. The maximum Gasteiger partial charge on any atom is 0.339 e. The van der Waals surface area contributed by atoms with Crippen LogP contribution in [0.25, 0.3) is 0 Å². The van der Waals surface area contributed by atoms with Gasteiger partial charge in [-0.1, -0.05) is 6.07 Å². The Labute approximate surface area is 111 Å². The van der Waals surface area contributed by atoms with E-state index in [-0.39, 0.29) is 5.56 Å². The van der Waals surface area contributed by atoms with Gasteiger partial charge in [-0.2, -0.15) is 11.3 Å². The van der Waals surface area contributed by atoms with E-state index in [1.165, 1.54) is 6.07 Å². The minimum atomic E-state index is -0.994. The van der Waals surface area contributed by atoms with E-state index in [1.54, 1.807) is 23.5 Å². The summed E-state index contributed by atoms with van der Waals surface area (Å²) in [5.41, 5.74) is 1.19. The molecule has 0 saturated heterocycles. The molecule has 1 heterocycles. The summed E-state index contributed by atoms with van der Waals surface area (Å²) in [6.45, 7) is 0.367. The Bertz CT molecular complexity index is 523. The van der Waals surface area contributed by atoms with E-state index >= 15 is 0 Å². The van der Waals surface area contributed by atoms with Gasteiger partial charge in [0.15, 0.2) is 0 Å². The molecule has 0 aliphatic heterocycles. The van der Waals surface area contributed by atoms with Crippen LogP contribution in [0.15, 0.2) is 39.5 Å². The Morgan fingerprint density at radius 1 is 1.41 bits per heavy atom. The molecule has 0 aliphatic rings. The fourth-order valence-corrected chi connectivity index (χ4v) is 2.49. The monoisotopic (exact) mass is 312 g/mol. The summed E-state index contributed by atoms with van der Waals surface area (Å²) in [6, 6.07) is 6.90. The van der Waals surface area contributed by atoms with E-state index in [9.17, 15) is 4.79 Å². The van der Waals surface area contributed by atoms with Crippen LogP contribution >= 0.6 is 27.3 Å². The van der Waals surface area contributed by atoms with Crippen LogP contribution in [-0.4, -0.2) is 11.1 Å². The highest BCUT2D eigenvalue weighted by Gasteiger charge is 2.14. The van der Waals surface area contributed by atoms with Crippen LogP contribution in [0.2, 0.25) is 0 Å². The number of thiophene rings is 1. The minimum Gasteiger partial charge on any atom is -0.487 e. The average molecular weight is 313 g/mol. The lowest BCUT2D eigenvalue weighted by atomic mass is 10.2.